The van der Waals surface area contributed by atoms with Gasteiger partial charge in [0.05, 0.1) is 51.8 Å². The maximum absolute atomic E-state index is 12.5. The number of carbonyl (C=O) groups is 10. The molecule has 0 spiro atoms. The number of hydrogen-bond acceptors (Lipinski definition) is 16. The van der Waals surface area contributed by atoms with Gasteiger partial charge in [0.1, 0.15) is 31.3 Å². The van der Waals surface area contributed by atoms with E-state index in [0.29, 0.717) is 32.2 Å². The summed E-state index contributed by atoms with van der Waals surface area (Å²) in [4.78, 5) is 119. The van der Waals surface area contributed by atoms with Gasteiger partial charge < -0.3 is 77.0 Å². The molecule has 0 aromatic rings. The monoisotopic (exact) mass is 1220 g/mol. The SMILES string of the molecule is C[C@@H](O)[C@H](NC(=O)[C@H](CCCCNC(=O)COCCOCCNC(=O)COCCOCCNC(=O)CC[C@H](NC(=O)CC[C@H](NC(=O)CCCCCCCCCCCCCCCCC(=O)O)C(=O)O)C(=O)O)NI)C(N)=O. The van der Waals surface area contributed by atoms with Crippen LogP contribution in [0.25, 0.3) is 0 Å². The molecule has 0 radical (unpaired) electrons. The number of amides is 7. The molecule has 27 heteroatoms. The Morgan fingerprint density at radius 1 is 0.442 bits per heavy atom. The molecule has 0 bridgehead atoms. The minimum Gasteiger partial charge on any atom is -0.481 e. The second-order valence-electron chi connectivity index (χ2n) is 18.5. The highest BCUT2D eigenvalue weighted by Crippen LogP contribution is 2.14. The number of rotatable bonds is 53. The zero-order valence-corrected chi connectivity index (χ0v) is 47.0. The van der Waals surface area contributed by atoms with Gasteiger partial charge >= 0.3 is 17.9 Å². The summed E-state index contributed by atoms with van der Waals surface area (Å²) in [7, 11) is 0. The summed E-state index contributed by atoms with van der Waals surface area (Å²) in [6.07, 6.45) is 14.2. The number of aliphatic carboxylic acids is 3. The summed E-state index contributed by atoms with van der Waals surface area (Å²) in [6.45, 7) is 2.47. The van der Waals surface area contributed by atoms with Gasteiger partial charge in [0.15, 0.2) is 0 Å². The molecule has 77 heavy (non-hydrogen) atoms. The molecule has 444 valence electrons. The van der Waals surface area contributed by atoms with Crippen LogP contribution in [0.1, 0.15) is 155 Å². The third-order valence-corrected chi connectivity index (χ3v) is 12.5. The van der Waals surface area contributed by atoms with E-state index in [1.165, 1.54) is 32.6 Å². The average Bonchev–Trinajstić information content (AvgIpc) is 3.37. The predicted molar refractivity (Wildman–Crippen MR) is 289 cm³/mol. The molecule has 0 saturated heterocycles. The molecule has 0 aromatic heterocycles. The minimum atomic E-state index is -1.40. The first kappa shape index (κ1) is 72.2. The lowest BCUT2D eigenvalue weighted by Gasteiger charge is -2.21. The van der Waals surface area contributed by atoms with Crippen LogP contribution in [0.15, 0.2) is 0 Å². The molecular weight excluding hydrogens is 1130 g/mol. The first-order valence-electron chi connectivity index (χ1n) is 26.9. The number of carbonyl (C=O) groups excluding carboxylic acids is 7. The van der Waals surface area contributed by atoms with Gasteiger partial charge in [-0.05, 0) is 51.9 Å². The van der Waals surface area contributed by atoms with E-state index in [1.54, 1.807) is 0 Å². The van der Waals surface area contributed by atoms with Gasteiger partial charge in [-0.2, -0.15) is 0 Å². The third-order valence-electron chi connectivity index (χ3n) is 11.8. The summed E-state index contributed by atoms with van der Waals surface area (Å²) in [5, 5.41) is 52.6. The number of aliphatic hydroxyl groups is 1. The number of aliphatic hydroxyl groups excluding tert-OH is 1. The van der Waals surface area contributed by atoms with Crippen molar-refractivity contribution in [2.45, 2.75) is 185 Å². The number of carboxylic acid groups (broad SMARTS) is 3. The van der Waals surface area contributed by atoms with E-state index in [2.05, 4.69) is 35.4 Å². The molecule has 26 nitrogen and oxygen atoms in total. The van der Waals surface area contributed by atoms with Crippen molar-refractivity contribution < 1.29 is 87.3 Å². The van der Waals surface area contributed by atoms with Crippen LogP contribution in [0, 0.1) is 0 Å². The van der Waals surface area contributed by atoms with Gasteiger partial charge in [0.2, 0.25) is 41.4 Å². The molecule has 0 fully saturated rings. The highest BCUT2D eigenvalue weighted by molar-refractivity contribution is 14.1. The van der Waals surface area contributed by atoms with Crippen molar-refractivity contribution in [1.82, 2.24) is 35.4 Å². The Morgan fingerprint density at radius 2 is 0.844 bits per heavy atom. The first-order valence-corrected chi connectivity index (χ1v) is 28.0. The lowest BCUT2D eigenvalue weighted by Crippen LogP contribution is -2.54. The summed E-state index contributed by atoms with van der Waals surface area (Å²) >= 11 is 1.82. The zero-order chi connectivity index (χ0) is 57.5. The maximum atomic E-state index is 12.5. The third kappa shape index (κ3) is 43.8. The van der Waals surface area contributed by atoms with Gasteiger partial charge in [-0.3, -0.25) is 38.4 Å². The predicted octanol–water partition coefficient (Wildman–Crippen LogP) is 1.26. The second-order valence-corrected chi connectivity index (χ2v) is 19.1. The van der Waals surface area contributed by atoms with Crippen LogP contribution in [0.3, 0.4) is 0 Å². The molecule has 0 aliphatic rings. The Bertz CT molecular complexity index is 1720. The molecule has 5 atom stereocenters. The maximum Gasteiger partial charge on any atom is 0.326 e. The largest absolute Gasteiger partial charge is 0.481 e. The lowest BCUT2D eigenvalue weighted by molar-refractivity contribution is -0.143. The van der Waals surface area contributed by atoms with E-state index in [1.807, 2.05) is 22.9 Å². The van der Waals surface area contributed by atoms with E-state index in [-0.39, 0.29) is 116 Å². The van der Waals surface area contributed by atoms with Crippen molar-refractivity contribution in [2.75, 3.05) is 72.5 Å². The fourth-order valence-electron chi connectivity index (χ4n) is 7.39. The number of nitrogens with two attached hydrogens (primary N) is 1. The summed E-state index contributed by atoms with van der Waals surface area (Å²) in [6, 6.07) is -4.56. The van der Waals surface area contributed by atoms with E-state index in [0.717, 1.165) is 57.8 Å². The van der Waals surface area contributed by atoms with Crippen LogP contribution in [0.5, 0.6) is 0 Å². The Labute approximate surface area is 466 Å². The number of halogens is 1. The van der Waals surface area contributed by atoms with Gasteiger partial charge in [-0.15, -0.1) is 0 Å². The molecule has 0 rings (SSSR count). The number of hydrogen-bond donors (Lipinski definition) is 12. The molecule has 13 N–H and O–H groups in total. The molecular formula is C50H89IN8O18. The van der Waals surface area contributed by atoms with Crippen LogP contribution >= 0.6 is 22.9 Å². The topological polar surface area (TPSA) is 399 Å². The summed E-state index contributed by atoms with van der Waals surface area (Å²) in [5.41, 5.74) is 5.22. The number of primary amides is 1. The van der Waals surface area contributed by atoms with E-state index >= 15 is 0 Å². The highest BCUT2D eigenvalue weighted by Gasteiger charge is 2.27. The Kier molecular flexibility index (Phi) is 45.3. The normalized spacial score (nSPS) is 13.0. The number of ether oxygens (including phenoxy) is 4. The van der Waals surface area contributed by atoms with Crippen molar-refractivity contribution in [3.63, 3.8) is 0 Å². The van der Waals surface area contributed by atoms with E-state index in [9.17, 15) is 63.3 Å². The fourth-order valence-corrected chi connectivity index (χ4v) is 7.98. The first-order chi connectivity index (χ1) is 36.9. The van der Waals surface area contributed by atoms with Crippen molar-refractivity contribution in [2.24, 2.45) is 5.73 Å². The Hall–Kier alpha value is -4.81. The van der Waals surface area contributed by atoms with Gasteiger partial charge in [0, 0.05) is 68.2 Å². The van der Waals surface area contributed by atoms with E-state index in [4.69, 9.17) is 29.8 Å². The van der Waals surface area contributed by atoms with Crippen LogP contribution in [0.2, 0.25) is 0 Å². The molecule has 0 aromatic carbocycles. The smallest absolute Gasteiger partial charge is 0.326 e. The van der Waals surface area contributed by atoms with Crippen LogP contribution < -0.4 is 41.2 Å². The number of carboxylic acids is 3. The van der Waals surface area contributed by atoms with Gasteiger partial charge in [-0.1, -0.05) is 77.0 Å². The molecule has 0 aliphatic carbocycles. The zero-order valence-electron chi connectivity index (χ0n) is 44.9. The van der Waals surface area contributed by atoms with Gasteiger partial charge in [-0.25, -0.2) is 13.1 Å². The highest BCUT2D eigenvalue weighted by atomic mass is 127. The van der Waals surface area contributed by atoms with Gasteiger partial charge in [0.25, 0.3) is 0 Å². The quantitative estimate of drug-likeness (QED) is 0.0232. The summed E-state index contributed by atoms with van der Waals surface area (Å²) < 4.78 is 24.1. The fraction of sp³-hybridized carbons (Fsp3) is 0.800. The van der Waals surface area contributed by atoms with Crippen molar-refractivity contribution in [1.29, 1.82) is 0 Å². The Morgan fingerprint density at radius 3 is 1.27 bits per heavy atom. The van der Waals surface area contributed by atoms with Crippen LogP contribution in [-0.4, -0.2) is 182 Å². The Balaban J connectivity index is 3.95. The van der Waals surface area contributed by atoms with Crippen molar-refractivity contribution >= 4 is 82.1 Å². The van der Waals surface area contributed by atoms with Crippen LogP contribution in [-0.2, 0) is 66.9 Å². The number of unbranched alkanes of at least 4 members (excludes halogenated alkanes) is 14. The van der Waals surface area contributed by atoms with E-state index < -0.39 is 77.7 Å². The summed E-state index contributed by atoms with van der Waals surface area (Å²) in [5.74, 6) is -7.11. The molecule has 0 unspecified atom stereocenters. The standard InChI is InChI=1S/C50H89IN8O18/c1-36(60)46(47(52)68)58-48(69)37(59-51)18-16-17-25-53-43(64)34-76-32-31-75-29-27-55-44(65)35-77-33-30-74-28-26-54-40(61)23-21-38(49(70)71)57-42(63)24-22-39(50(72)73)56-41(62)19-14-12-10-8-6-4-2-3-5-7-9-11-13-15-20-45(66)67/h36-39,46,59-60H,2-35H2,1H3,(H2,52,68)(H,53,64)(H,54,61)(H,55,65)(H,56,62)(H,57,63)(H,58,69)(H,66,67)(H,70,71)(H,72,73)/t36-,37+,38+,39+,46+/m1/s1. The lowest BCUT2D eigenvalue weighted by atomic mass is 10.0. The molecule has 0 heterocycles. The van der Waals surface area contributed by atoms with Crippen molar-refractivity contribution in [3.05, 3.63) is 0 Å². The molecule has 0 saturated carbocycles. The number of nitrogens with one attached hydrogen (secondary N) is 7. The second kappa shape index (κ2) is 48.3. The minimum absolute atomic E-state index is 0.0921. The van der Waals surface area contributed by atoms with Crippen molar-refractivity contribution in [3.8, 4) is 0 Å². The molecule has 0 aliphatic heterocycles. The molecule has 7 amide bonds. The van der Waals surface area contributed by atoms with Crippen LogP contribution in [0.4, 0.5) is 0 Å². The average molecular weight is 1220 g/mol.